The van der Waals surface area contributed by atoms with Gasteiger partial charge >= 0.3 is 0 Å². The van der Waals surface area contributed by atoms with E-state index in [1.807, 2.05) is 74.0 Å². The van der Waals surface area contributed by atoms with Gasteiger partial charge in [-0.15, -0.1) is 0 Å². The van der Waals surface area contributed by atoms with Crippen LogP contribution >= 0.6 is 11.6 Å². The number of nitrogens with zero attached hydrogens (tertiary/aromatic N) is 2. The fourth-order valence-electron chi connectivity index (χ4n) is 3.44. The van der Waals surface area contributed by atoms with Crippen LogP contribution in [0.1, 0.15) is 41.9 Å². The Morgan fingerprint density at radius 2 is 1.97 bits per heavy atom. The number of carbonyl (C=O) groups excluding carboxylic acids is 1. The highest BCUT2D eigenvalue weighted by Crippen LogP contribution is 2.22. The molecule has 0 saturated heterocycles. The number of nitrogens with one attached hydrogen (secondary N) is 1. The molecule has 1 N–H and O–H groups in total. The zero-order valence-corrected chi connectivity index (χ0v) is 18.0. The number of rotatable bonds is 7. The van der Waals surface area contributed by atoms with E-state index in [1.165, 1.54) is 0 Å². The Balaban J connectivity index is 1.67. The lowest BCUT2D eigenvalue weighted by molar-refractivity contribution is -0.121. The van der Waals surface area contributed by atoms with Gasteiger partial charge in [0.1, 0.15) is 5.75 Å². The molecule has 1 atom stereocenters. The van der Waals surface area contributed by atoms with Gasteiger partial charge < -0.3 is 10.1 Å². The van der Waals surface area contributed by atoms with Gasteiger partial charge in [-0.25, -0.2) is 4.68 Å². The summed E-state index contributed by atoms with van der Waals surface area (Å²) in [7, 11) is 1.65. The highest BCUT2D eigenvalue weighted by molar-refractivity contribution is 6.30. The zero-order chi connectivity index (χ0) is 21.0. The fourth-order valence-corrected chi connectivity index (χ4v) is 3.64. The van der Waals surface area contributed by atoms with Crippen LogP contribution in [0.2, 0.25) is 5.02 Å². The highest BCUT2D eigenvalue weighted by atomic mass is 35.5. The minimum absolute atomic E-state index is 0.00501. The number of amides is 1. The average molecular weight is 412 g/mol. The van der Waals surface area contributed by atoms with Crippen molar-refractivity contribution in [1.82, 2.24) is 15.1 Å². The summed E-state index contributed by atoms with van der Waals surface area (Å²) in [6.07, 6.45) is 1.03. The van der Waals surface area contributed by atoms with Gasteiger partial charge in [0.05, 0.1) is 24.5 Å². The van der Waals surface area contributed by atoms with Crippen molar-refractivity contribution in [2.24, 2.45) is 0 Å². The van der Waals surface area contributed by atoms with Crippen LogP contribution in [-0.2, 0) is 11.2 Å². The lowest BCUT2D eigenvalue weighted by atomic mass is 10.1. The first-order chi connectivity index (χ1) is 13.9. The molecule has 0 aliphatic heterocycles. The number of methoxy groups -OCH3 is 1. The third-order valence-electron chi connectivity index (χ3n) is 5.07. The van der Waals surface area contributed by atoms with Crippen LogP contribution in [0.4, 0.5) is 0 Å². The minimum atomic E-state index is -0.0945. The van der Waals surface area contributed by atoms with Crippen LogP contribution < -0.4 is 10.1 Å². The van der Waals surface area contributed by atoms with Crippen LogP contribution in [0.25, 0.3) is 5.69 Å². The summed E-state index contributed by atoms with van der Waals surface area (Å²) in [5, 5.41) is 8.38. The third kappa shape index (κ3) is 4.98. The Hall–Kier alpha value is -2.79. The summed E-state index contributed by atoms with van der Waals surface area (Å²) < 4.78 is 7.21. The molecular weight excluding hydrogens is 386 g/mol. The number of ether oxygens (including phenoxy) is 1. The molecule has 0 unspecified atom stereocenters. The third-order valence-corrected chi connectivity index (χ3v) is 5.30. The first kappa shape index (κ1) is 20.9. The van der Waals surface area contributed by atoms with E-state index in [9.17, 15) is 4.79 Å². The average Bonchev–Trinajstić information content (AvgIpc) is 3.00. The maximum atomic E-state index is 12.5. The van der Waals surface area contributed by atoms with Gasteiger partial charge in [0.2, 0.25) is 5.91 Å². The molecule has 1 heterocycles. The molecule has 0 saturated carbocycles. The molecule has 1 aromatic heterocycles. The van der Waals surface area contributed by atoms with Crippen molar-refractivity contribution in [3.8, 4) is 11.4 Å². The molecule has 0 aliphatic rings. The quantitative estimate of drug-likeness (QED) is 0.597. The van der Waals surface area contributed by atoms with E-state index >= 15 is 0 Å². The molecule has 3 rings (SSSR count). The van der Waals surface area contributed by atoms with Gasteiger partial charge in [0.15, 0.2) is 0 Å². The monoisotopic (exact) mass is 411 g/mol. The van der Waals surface area contributed by atoms with E-state index in [2.05, 4.69) is 10.4 Å². The Morgan fingerprint density at radius 1 is 1.21 bits per heavy atom. The lowest BCUT2D eigenvalue weighted by Gasteiger charge is -2.14. The largest absolute Gasteiger partial charge is 0.497 e. The molecular formula is C23H26ClN3O2. The van der Waals surface area contributed by atoms with Crippen molar-refractivity contribution < 1.29 is 9.53 Å². The van der Waals surface area contributed by atoms with E-state index < -0.39 is 0 Å². The molecule has 0 aliphatic carbocycles. The molecule has 6 heteroatoms. The second kappa shape index (κ2) is 9.14. The molecule has 5 nitrogen and oxygen atoms in total. The first-order valence-corrected chi connectivity index (χ1v) is 10.0. The Bertz CT molecular complexity index is 1010. The molecule has 2 aromatic carbocycles. The lowest BCUT2D eigenvalue weighted by Crippen LogP contribution is -2.26. The molecule has 0 fully saturated rings. The molecule has 3 aromatic rings. The van der Waals surface area contributed by atoms with Crippen LogP contribution in [0, 0.1) is 13.8 Å². The SMILES string of the molecule is COc1cccc(-n2nc(C)c(CCC(=O)N[C@H](C)c3cccc(Cl)c3)c2C)c1. The maximum absolute atomic E-state index is 12.5. The van der Waals surface area contributed by atoms with E-state index in [0.717, 1.165) is 34.0 Å². The van der Waals surface area contributed by atoms with Crippen molar-refractivity contribution >= 4 is 17.5 Å². The number of aryl methyl sites for hydroxylation is 1. The van der Waals surface area contributed by atoms with Gasteiger partial charge in [0.25, 0.3) is 0 Å². The number of benzene rings is 2. The van der Waals surface area contributed by atoms with E-state index in [-0.39, 0.29) is 11.9 Å². The number of aromatic nitrogens is 2. The summed E-state index contributed by atoms with van der Waals surface area (Å²) in [5.41, 5.74) is 4.99. The first-order valence-electron chi connectivity index (χ1n) is 9.63. The number of carbonyl (C=O) groups is 1. The van der Waals surface area contributed by atoms with Gasteiger partial charge in [-0.05, 0) is 62.6 Å². The number of halogens is 1. The second-order valence-electron chi connectivity index (χ2n) is 7.11. The van der Waals surface area contributed by atoms with Crippen molar-refractivity contribution in [2.75, 3.05) is 7.11 Å². The van der Waals surface area contributed by atoms with Crippen LogP contribution in [0.5, 0.6) is 5.75 Å². The van der Waals surface area contributed by atoms with Crippen molar-refractivity contribution in [1.29, 1.82) is 0 Å². The Labute approximate surface area is 176 Å². The van der Waals surface area contributed by atoms with Crippen LogP contribution in [-0.4, -0.2) is 22.8 Å². The maximum Gasteiger partial charge on any atom is 0.220 e. The van der Waals surface area contributed by atoms with Crippen molar-refractivity contribution in [3.05, 3.63) is 76.1 Å². The smallest absolute Gasteiger partial charge is 0.220 e. The van der Waals surface area contributed by atoms with E-state index in [0.29, 0.717) is 17.9 Å². The van der Waals surface area contributed by atoms with E-state index in [4.69, 9.17) is 16.3 Å². The molecule has 29 heavy (non-hydrogen) atoms. The standard InChI is InChI=1S/C23H26ClN3O2/c1-15(18-7-5-8-19(24)13-18)25-23(28)12-11-22-16(2)26-27(17(22)3)20-9-6-10-21(14-20)29-4/h5-10,13-15H,11-12H2,1-4H3,(H,25,28)/t15-/m1/s1. The summed E-state index contributed by atoms with van der Waals surface area (Å²) in [4.78, 5) is 12.5. The summed E-state index contributed by atoms with van der Waals surface area (Å²) in [5.74, 6) is 0.788. The van der Waals surface area contributed by atoms with Gasteiger partial charge in [0, 0.05) is 23.2 Å². The Morgan fingerprint density at radius 3 is 2.69 bits per heavy atom. The minimum Gasteiger partial charge on any atom is -0.497 e. The summed E-state index contributed by atoms with van der Waals surface area (Å²) in [6.45, 7) is 5.97. The Kier molecular flexibility index (Phi) is 6.60. The van der Waals surface area contributed by atoms with Gasteiger partial charge in [-0.3, -0.25) is 4.79 Å². The molecule has 0 bridgehead atoms. The predicted octanol–water partition coefficient (Wildman–Crippen LogP) is 4.96. The van der Waals surface area contributed by atoms with Gasteiger partial charge in [-0.1, -0.05) is 29.8 Å². The number of hydrogen-bond acceptors (Lipinski definition) is 3. The zero-order valence-electron chi connectivity index (χ0n) is 17.2. The van der Waals surface area contributed by atoms with Crippen molar-refractivity contribution in [3.63, 3.8) is 0 Å². The predicted molar refractivity (Wildman–Crippen MR) is 116 cm³/mol. The molecule has 0 radical (unpaired) electrons. The summed E-state index contributed by atoms with van der Waals surface area (Å²) in [6, 6.07) is 15.2. The van der Waals surface area contributed by atoms with E-state index in [1.54, 1.807) is 7.11 Å². The van der Waals surface area contributed by atoms with Crippen molar-refractivity contribution in [2.45, 2.75) is 39.7 Å². The van der Waals surface area contributed by atoms with Crippen LogP contribution in [0.15, 0.2) is 48.5 Å². The second-order valence-corrected chi connectivity index (χ2v) is 7.54. The van der Waals surface area contributed by atoms with Gasteiger partial charge in [-0.2, -0.15) is 5.10 Å². The topological polar surface area (TPSA) is 56.2 Å². The molecule has 1 amide bonds. The molecule has 0 spiro atoms. The highest BCUT2D eigenvalue weighted by Gasteiger charge is 2.16. The fraction of sp³-hybridized carbons (Fsp3) is 0.304. The molecule has 152 valence electrons. The summed E-state index contributed by atoms with van der Waals surface area (Å²) >= 11 is 6.04. The number of hydrogen-bond donors (Lipinski definition) is 1. The van der Waals surface area contributed by atoms with Crippen LogP contribution in [0.3, 0.4) is 0 Å². The normalized spacial score (nSPS) is 11.9.